The van der Waals surface area contributed by atoms with Gasteiger partial charge >= 0.3 is 0 Å². The molecule has 0 atom stereocenters. The second-order valence-corrected chi connectivity index (χ2v) is 8.67. The van der Waals surface area contributed by atoms with Crippen molar-refractivity contribution in [2.45, 2.75) is 30.0 Å². The van der Waals surface area contributed by atoms with Crippen LogP contribution >= 0.6 is 35.0 Å². The van der Waals surface area contributed by atoms with Gasteiger partial charge in [-0.05, 0) is 43.5 Å². The van der Waals surface area contributed by atoms with Crippen molar-refractivity contribution in [3.05, 3.63) is 28.8 Å². The lowest BCUT2D eigenvalue weighted by Gasteiger charge is -2.26. The molecule has 0 aromatic carbocycles. The summed E-state index contributed by atoms with van der Waals surface area (Å²) in [6.07, 6.45) is 3.63. The van der Waals surface area contributed by atoms with Gasteiger partial charge in [0.15, 0.2) is 0 Å². The van der Waals surface area contributed by atoms with E-state index in [0.717, 1.165) is 22.2 Å². The van der Waals surface area contributed by atoms with E-state index in [0.29, 0.717) is 36.3 Å². The molecule has 2 aliphatic rings. The highest BCUT2D eigenvalue weighted by Gasteiger charge is 2.40. The third kappa shape index (κ3) is 4.31. The van der Waals surface area contributed by atoms with Gasteiger partial charge in [-0.25, -0.2) is 4.98 Å². The molecule has 2 fully saturated rings. The monoisotopic (exact) mass is 414 g/mol. The fraction of sp³-hybridized carbons (Fsp3) is 0.375. The zero-order valence-electron chi connectivity index (χ0n) is 13.6. The smallest absolute Gasteiger partial charge is 0.294 e. The first-order chi connectivity index (χ1) is 12.2. The minimum absolute atomic E-state index is 0.255. The van der Waals surface area contributed by atoms with E-state index in [1.165, 1.54) is 12.3 Å². The number of nitrogens with zero attached hydrogens (tertiary/aromatic N) is 2. The van der Waals surface area contributed by atoms with Crippen LogP contribution in [-0.2, 0) is 9.59 Å². The second kappa shape index (κ2) is 7.46. The summed E-state index contributed by atoms with van der Waals surface area (Å²) in [5.41, 5.74) is 6.87. The Bertz CT molecular complexity index is 800. The van der Waals surface area contributed by atoms with Gasteiger partial charge in [-0.2, -0.15) is 0 Å². The van der Waals surface area contributed by atoms with Crippen LogP contribution in [0.2, 0.25) is 0 Å². The molecular weight excluding hydrogens is 399 g/mol. The van der Waals surface area contributed by atoms with Gasteiger partial charge in [-0.15, -0.1) is 23.2 Å². The first kappa shape index (κ1) is 19.0. The predicted octanol–water partition coefficient (Wildman–Crippen LogP) is 3.30. The number of allylic oxidation sites excluding steroid dienone is 1. The van der Waals surface area contributed by atoms with Gasteiger partial charge < -0.3 is 11.1 Å². The third-order valence-corrected chi connectivity index (χ3v) is 5.94. The summed E-state index contributed by atoms with van der Waals surface area (Å²) in [4.78, 5) is 42.1. The Morgan fingerprint density at radius 2 is 2.04 bits per heavy atom. The van der Waals surface area contributed by atoms with Crippen molar-refractivity contribution in [1.29, 1.82) is 0 Å². The van der Waals surface area contributed by atoms with Crippen molar-refractivity contribution in [3.8, 4) is 0 Å². The summed E-state index contributed by atoms with van der Waals surface area (Å²) < 4.78 is -0.785. The predicted molar refractivity (Wildman–Crippen MR) is 102 cm³/mol. The van der Waals surface area contributed by atoms with E-state index >= 15 is 0 Å². The van der Waals surface area contributed by atoms with E-state index in [1.54, 1.807) is 6.07 Å². The normalized spacial score (nSPS) is 19.8. The molecule has 0 unspecified atom stereocenters. The fourth-order valence-corrected chi connectivity index (χ4v) is 4.12. The van der Waals surface area contributed by atoms with Crippen molar-refractivity contribution in [3.63, 3.8) is 0 Å². The zero-order valence-corrected chi connectivity index (χ0v) is 16.0. The van der Waals surface area contributed by atoms with E-state index in [4.69, 9.17) is 28.9 Å². The minimum Gasteiger partial charge on any atom is -0.384 e. The highest BCUT2D eigenvalue weighted by atomic mass is 35.5. The van der Waals surface area contributed by atoms with Gasteiger partial charge in [0.2, 0.25) is 5.91 Å². The van der Waals surface area contributed by atoms with Crippen molar-refractivity contribution in [2.75, 3.05) is 17.6 Å². The molecule has 3 rings (SSSR count). The zero-order chi connectivity index (χ0) is 18.9. The number of anilines is 2. The maximum absolute atomic E-state index is 12.6. The number of alkyl halides is 2. The molecule has 1 aliphatic carbocycles. The van der Waals surface area contributed by atoms with E-state index in [1.807, 2.05) is 0 Å². The Hall–Kier alpha value is -1.77. The summed E-state index contributed by atoms with van der Waals surface area (Å²) >= 11 is 13.1. The number of nitrogen functional groups attached to an aromatic ring is 1. The molecule has 7 nitrogen and oxygen atoms in total. The molecule has 1 saturated heterocycles. The van der Waals surface area contributed by atoms with Crippen LogP contribution < -0.4 is 11.1 Å². The Kier molecular flexibility index (Phi) is 5.45. The molecule has 3 N–H and O–H groups in total. The minimum atomic E-state index is -0.785. The molecule has 3 amide bonds. The van der Waals surface area contributed by atoms with E-state index < -0.39 is 21.4 Å². The van der Waals surface area contributed by atoms with Crippen molar-refractivity contribution < 1.29 is 14.4 Å². The first-order valence-electron chi connectivity index (χ1n) is 7.90. The number of amides is 3. The number of carbonyl (C=O) groups is 3. The molecule has 138 valence electrons. The number of hydrogen-bond acceptors (Lipinski definition) is 6. The third-order valence-electron chi connectivity index (χ3n) is 4.12. The molecule has 10 heteroatoms. The highest BCUT2D eigenvalue weighted by molar-refractivity contribution is 8.18. The van der Waals surface area contributed by atoms with Crippen molar-refractivity contribution >= 4 is 63.5 Å². The Balaban J connectivity index is 1.67. The van der Waals surface area contributed by atoms with Gasteiger partial charge in [0.25, 0.3) is 11.1 Å². The van der Waals surface area contributed by atoms with Crippen LogP contribution in [0.25, 0.3) is 0 Å². The average Bonchev–Trinajstić information content (AvgIpc) is 2.83. The lowest BCUT2D eigenvalue weighted by Crippen LogP contribution is -2.36. The molecule has 0 bridgehead atoms. The number of halogens is 2. The molecule has 1 aliphatic heterocycles. The number of pyridine rings is 1. The number of aromatic nitrogens is 1. The molecule has 2 heterocycles. The molecule has 1 saturated carbocycles. The van der Waals surface area contributed by atoms with Crippen LogP contribution in [0.3, 0.4) is 0 Å². The van der Waals surface area contributed by atoms with E-state index in [9.17, 15) is 14.4 Å². The SMILES string of the molecule is Nc1cc(NC(=O)CN2C(=O)SC(=C3CCC(Cl)(Cl)CC3)C2=O)ccn1. The number of rotatable bonds is 3. The van der Waals surface area contributed by atoms with Crippen LogP contribution in [0, 0.1) is 0 Å². The van der Waals surface area contributed by atoms with E-state index in [2.05, 4.69) is 10.3 Å². The first-order valence-corrected chi connectivity index (χ1v) is 9.47. The number of nitrogens with one attached hydrogen (secondary N) is 1. The number of carbonyl (C=O) groups excluding carboxylic acids is 3. The maximum atomic E-state index is 12.6. The molecule has 1 aromatic heterocycles. The quantitative estimate of drug-likeness (QED) is 0.580. The van der Waals surface area contributed by atoms with Crippen LogP contribution in [0.1, 0.15) is 25.7 Å². The summed E-state index contributed by atoms with van der Waals surface area (Å²) in [5.74, 6) is -0.685. The van der Waals surface area contributed by atoms with Gasteiger partial charge in [0, 0.05) is 18.0 Å². The standard InChI is InChI=1S/C16H16Cl2N4O3S/c17-16(18)4-1-9(2-5-16)13-14(24)22(15(25)26-13)8-12(23)21-10-3-6-20-11(19)7-10/h3,6-7H,1-2,4-5,8H2,(H3,19,20,21,23). The molecule has 1 aromatic rings. The average molecular weight is 415 g/mol. The summed E-state index contributed by atoms with van der Waals surface area (Å²) in [6, 6.07) is 3.05. The Labute approximate surface area is 164 Å². The Morgan fingerprint density at radius 1 is 1.35 bits per heavy atom. The second-order valence-electron chi connectivity index (χ2n) is 6.07. The van der Waals surface area contributed by atoms with Crippen LogP contribution in [0.4, 0.5) is 16.3 Å². The lowest BCUT2D eigenvalue weighted by molar-refractivity contribution is -0.127. The fourth-order valence-electron chi connectivity index (χ4n) is 2.77. The molecular formula is C16H16Cl2N4O3S. The number of imide groups is 1. The van der Waals surface area contributed by atoms with Gasteiger partial charge in [0.05, 0.1) is 4.91 Å². The maximum Gasteiger partial charge on any atom is 0.294 e. The van der Waals surface area contributed by atoms with Gasteiger partial charge in [-0.1, -0.05) is 5.57 Å². The lowest BCUT2D eigenvalue weighted by atomic mass is 9.93. The highest BCUT2D eigenvalue weighted by Crippen LogP contribution is 2.44. The molecule has 26 heavy (non-hydrogen) atoms. The van der Waals surface area contributed by atoms with Crippen LogP contribution in [0.5, 0.6) is 0 Å². The number of nitrogens with two attached hydrogens (primary N) is 1. The van der Waals surface area contributed by atoms with Gasteiger partial charge in [0.1, 0.15) is 16.7 Å². The van der Waals surface area contributed by atoms with Crippen molar-refractivity contribution in [1.82, 2.24) is 9.88 Å². The largest absolute Gasteiger partial charge is 0.384 e. The molecule has 0 spiro atoms. The number of thioether (sulfide) groups is 1. The van der Waals surface area contributed by atoms with Crippen LogP contribution in [-0.4, -0.2) is 37.8 Å². The Morgan fingerprint density at radius 3 is 2.69 bits per heavy atom. The van der Waals surface area contributed by atoms with E-state index in [-0.39, 0.29) is 12.4 Å². The van der Waals surface area contributed by atoms with Gasteiger partial charge in [-0.3, -0.25) is 19.3 Å². The van der Waals surface area contributed by atoms with Crippen LogP contribution in [0.15, 0.2) is 28.8 Å². The topological polar surface area (TPSA) is 105 Å². The van der Waals surface area contributed by atoms with Crippen molar-refractivity contribution in [2.24, 2.45) is 0 Å². The summed E-state index contributed by atoms with van der Waals surface area (Å²) in [7, 11) is 0. The number of hydrogen-bond donors (Lipinski definition) is 2. The summed E-state index contributed by atoms with van der Waals surface area (Å²) in [5, 5.41) is 2.13. The molecule has 0 radical (unpaired) electrons. The summed E-state index contributed by atoms with van der Waals surface area (Å²) in [6.45, 7) is -0.362.